The molecule has 1 aliphatic rings. The Morgan fingerprint density at radius 1 is 1.42 bits per heavy atom. The van der Waals surface area contributed by atoms with Gasteiger partial charge in [-0.05, 0) is 12.1 Å². The fourth-order valence-electron chi connectivity index (χ4n) is 1.51. The first kappa shape index (κ1) is 13.6. The van der Waals surface area contributed by atoms with E-state index in [1.807, 2.05) is 0 Å². The van der Waals surface area contributed by atoms with Gasteiger partial charge in [-0.3, -0.25) is 10.1 Å². The first-order chi connectivity index (χ1) is 8.97. The summed E-state index contributed by atoms with van der Waals surface area (Å²) in [4.78, 5) is 28.1. The van der Waals surface area contributed by atoms with E-state index in [4.69, 9.17) is 23.2 Å². The van der Waals surface area contributed by atoms with Crippen molar-refractivity contribution in [1.82, 2.24) is 10.2 Å². The molecule has 0 unspecified atom stereocenters. The number of benzene rings is 1. The molecule has 0 bridgehead atoms. The van der Waals surface area contributed by atoms with E-state index in [-0.39, 0.29) is 24.1 Å². The second-order valence-corrected chi connectivity index (χ2v) is 4.68. The van der Waals surface area contributed by atoms with Gasteiger partial charge in [0.1, 0.15) is 0 Å². The second kappa shape index (κ2) is 5.46. The van der Waals surface area contributed by atoms with E-state index < -0.39 is 6.03 Å². The van der Waals surface area contributed by atoms with Gasteiger partial charge in [-0.15, -0.1) is 0 Å². The van der Waals surface area contributed by atoms with Gasteiger partial charge in [0.15, 0.2) is 0 Å². The minimum absolute atomic E-state index is 0.166. The van der Waals surface area contributed by atoms with Crippen LogP contribution in [0.15, 0.2) is 23.2 Å². The fourth-order valence-corrected chi connectivity index (χ4v) is 2.00. The summed E-state index contributed by atoms with van der Waals surface area (Å²) in [5, 5.41) is 5.55. The Morgan fingerprint density at radius 3 is 2.58 bits per heavy atom. The number of carbonyl (C=O) groups is 2. The number of carbonyl (C=O) groups excluding carboxylic acids is 2. The summed E-state index contributed by atoms with van der Waals surface area (Å²) in [5.74, 6) is -0.0319. The van der Waals surface area contributed by atoms with Gasteiger partial charge in [0.25, 0.3) is 0 Å². The van der Waals surface area contributed by atoms with E-state index in [1.54, 1.807) is 25.2 Å². The van der Waals surface area contributed by atoms with Crippen LogP contribution in [0.2, 0.25) is 10.0 Å². The zero-order valence-corrected chi connectivity index (χ0v) is 11.4. The maximum Gasteiger partial charge on any atom is 0.348 e. The molecule has 3 amide bonds. The predicted molar refractivity (Wildman–Crippen MR) is 73.7 cm³/mol. The highest BCUT2D eigenvalue weighted by molar-refractivity contribution is 6.39. The molecule has 1 heterocycles. The first-order valence-corrected chi connectivity index (χ1v) is 6.07. The van der Waals surface area contributed by atoms with E-state index in [2.05, 4.69) is 15.6 Å². The van der Waals surface area contributed by atoms with Crippen LogP contribution in [0.3, 0.4) is 0 Å². The second-order valence-electron chi connectivity index (χ2n) is 3.87. The number of amides is 3. The molecule has 1 aliphatic heterocycles. The Labute approximate surface area is 119 Å². The number of hydrogen-bond donors (Lipinski definition) is 2. The van der Waals surface area contributed by atoms with Crippen LogP contribution >= 0.6 is 23.2 Å². The van der Waals surface area contributed by atoms with Crippen molar-refractivity contribution in [2.45, 2.75) is 0 Å². The number of halogens is 2. The summed E-state index contributed by atoms with van der Waals surface area (Å²) in [6.45, 7) is 0.166. The smallest absolute Gasteiger partial charge is 0.336 e. The van der Waals surface area contributed by atoms with Crippen molar-refractivity contribution in [2.75, 3.05) is 18.9 Å². The Kier molecular flexibility index (Phi) is 3.92. The van der Waals surface area contributed by atoms with Crippen molar-refractivity contribution in [3.05, 3.63) is 28.2 Å². The van der Waals surface area contributed by atoms with Crippen LogP contribution in [-0.4, -0.2) is 36.4 Å². The summed E-state index contributed by atoms with van der Waals surface area (Å²) in [7, 11) is 1.65. The third-order valence-electron chi connectivity index (χ3n) is 2.40. The number of nitrogens with one attached hydrogen (secondary N) is 2. The Balaban J connectivity index is 2.14. The molecule has 1 fully saturated rings. The van der Waals surface area contributed by atoms with Crippen LogP contribution < -0.4 is 10.6 Å². The zero-order chi connectivity index (χ0) is 14.0. The number of nitrogens with zero attached hydrogens (tertiary/aromatic N) is 2. The van der Waals surface area contributed by atoms with Crippen LogP contribution in [0, 0.1) is 0 Å². The third-order valence-corrected chi connectivity index (χ3v) is 3.03. The molecule has 8 heteroatoms. The molecule has 0 radical (unpaired) electrons. The molecule has 0 aliphatic carbocycles. The Hall–Kier alpha value is -1.79. The van der Waals surface area contributed by atoms with Gasteiger partial charge in [-0.1, -0.05) is 29.3 Å². The summed E-state index contributed by atoms with van der Waals surface area (Å²) >= 11 is 11.8. The van der Waals surface area contributed by atoms with Crippen molar-refractivity contribution < 1.29 is 9.59 Å². The lowest BCUT2D eigenvalue weighted by Gasteiger charge is -2.09. The maximum absolute atomic E-state index is 11.7. The monoisotopic (exact) mass is 300 g/mol. The van der Waals surface area contributed by atoms with Crippen LogP contribution in [0.5, 0.6) is 0 Å². The van der Waals surface area contributed by atoms with Crippen LogP contribution in [0.25, 0.3) is 0 Å². The number of aliphatic imine (C=N–C) groups is 1. The average Bonchev–Trinajstić information content (AvgIpc) is 2.63. The van der Waals surface area contributed by atoms with E-state index >= 15 is 0 Å². The number of urea groups is 1. The van der Waals surface area contributed by atoms with Crippen molar-refractivity contribution in [2.24, 2.45) is 4.99 Å². The highest BCUT2D eigenvalue weighted by atomic mass is 35.5. The number of likely N-dealkylation sites (N-methyl/N-ethyl adjacent to an activating group) is 1. The van der Waals surface area contributed by atoms with Gasteiger partial charge < -0.3 is 10.2 Å². The lowest BCUT2D eigenvalue weighted by Crippen LogP contribution is -2.29. The Morgan fingerprint density at radius 2 is 2.05 bits per heavy atom. The van der Waals surface area contributed by atoms with E-state index in [1.165, 1.54) is 4.90 Å². The molecule has 1 saturated heterocycles. The molecular formula is C11H10Cl2N4O2. The van der Waals surface area contributed by atoms with Crippen molar-refractivity contribution in [3.8, 4) is 0 Å². The fraction of sp³-hybridized carbons (Fsp3) is 0.182. The minimum atomic E-state index is -0.668. The Bertz CT molecular complexity index is 554. The largest absolute Gasteiger partial charge is 0.348 e. The average molecular weight is 301 g/mol. The summed E-state index contributed by atoms with van der Waals surface area (Å²) in [6.07, 6.45) is 0. The third kappa shape index (κ3) is 3.15. The molecule has 0 atom stereocenters. The zero-order valence-electron chi connectivity index (χ0n) is 9.91. The van der Waals surface area contributed by atoms with E-state index in [0.29, 0.717) is 10.0 Å². The molecule has 100 valence electrons. The molecule has 0 aromatic heterocycles. The van der Waals surface area contributed by atoms with Crippen LogP contribution in [0.4, 0.5) is 10.5 Å². The molecule has 1 aromatic rings. The molecule has 0 saturated carbocycles. The quantitative estimate of drug-likeness (QED) is 0.832. The number of rotatable bonds is 1. The standard InChI is InChI=1S/C11H10Cl2N4O2/c1-17-5-8(18)14-10(17)16-11(19)15-9-6(12)3-2-4-7(9)13/h2-4H,5H2,1H3,(H2,14,15,16,18,19). The van der Waals surface area contributed by atoms with Gasteiger partial charge in [-0.25, -0.2) is 4.79 Å². The molecule has 1 aromatic carbocycles. The number of para-hydroxylation sites is 1. The highest BCUT2D eigenvalue weighted by Crippen LogP contribution is 2.29. The maximum atomic E-state index is 11.7. The SMILES string of the molecule is CN1CC(=O)NC1=NC(=O)Nc1c(Cl)cccc1Cl. The number of hydrogen-bond acceptors (Lipinski definition) is 2. The van der Waals surface area contributed by atoms with E-state index in [9.17, 15) is 9.59 Å². The lowest BCUT2D eigenvalue weighted by molar-refractivity contribution is -0.118. The summed E-state index contributed by atoms with van der Waals surface area (Å²) < 4.78 is 0. The highest BCUT2D eigenvalue weighted by Gasteiger charge is 2.22. The van der Waals surface area contributed by atoms with Gasteiger partial charge >= 0.3 is 6.03 Å². The lowest BCUT2D eigenvalue weighted by atomic mass is 10.3. The molecule has 19 heavy (non-hydrogen) atoms. The van der Waals surface area contributed by atoms with Gasteiger partial charge in [-0.2, -0.15) is 4.99 Å². The molecule has 0 spiro atoms. The van der Waals surface area contributed by atoms with Gasteiger partial charge in [0.2, 0.25) is 11.9 Å². The normalized spacial score (nSPS) is 16.7. The molecule has 6 nitrogen and oxygen atoms in total. The van der Waals surface area contributed by atoms with E-state index in [0.717, 1.165) is 0 Å². The van der Waals surface area contributed by atoms with Crippen molar-refractivity contribution in [3.63, 3.8) is 0 Å². The molecule has 2 N–H and O–H groups in total. The predicted octanol–water partition coefficient (Wildman–Crippen LogP) is 1.94. The molecular weight excluding hydrogens is 291 g/mol. The number of anilines is 1. The minimum Gasteiger partial charge on any atom is -0.336 e. The molecule has 2 rings (SSSR count). The summed E-state index contributed by atoms with van der Waals surface area (Å²) in [5.41, 5.74) is 0.284. The first-order valence-electron chi connectivity index (χ1n) is 5.32. The number of guanidine groups is 1. The van der Waals surface area contributed by atoms with Crippen LogP contribution in [-0.2, 0) is 4.79 Å². The van der Waals surface area contributed by atoms with Crippen molar-refractivity contribution in [1.29, 1.82) is 0 Å². The van der Waals surface area contributed by atoms with Gasteiger partial charge in [0.05, 0.1) is 22.3 Å². The van der Waals surface area contributed by atoms with Crippen LogP contribution in [0.1, 0.15) is 0 Å². The summed E-state index contributed by atoms with van der Waals surface area (Å²) in [6, 6.07) is 4.19. The van der Waals surface area contributed by atoms with Gasteiger partial charge in [0, 0.05) is 7.05 Å². The topological polar surface area (TPSA) is 73.8 Å². The van der Waals surface area contributed by atoms with Crippen molar-refractivity contribution >= 4 is 46.8 Å².